The average Bonchev–Trinajstić information content (AvgIpc) is 4.24. The van der Waals surface area contributed by atoms with E-state index in [4.69, 9.17) is 32.9 Å². The molecule has 2 saturated heterocycles. The molecule has 22 heteroatoms. The zero-order valence-electron chi connectivity index (χ0n) is 38.5. The molecule has 2 unspecified atom stereocenters. The number of hydrogen-bond acceptors (Lipinski definition) is 14. The van der Waals surface area contributed by atoms with Crippen LogP contribution in [-0.4, -0.2) is 95.6 Å². The van der Waals surface area contributed by atoms with Gasteiger partial charge in [0.25, 0.3) is 5.91 Å². The summed E-state index contributed by atoms with van der Waals surface area (Å²) in [6.07, 6.45) is 2.29. The molecule has 0 radical (unpaired) electrons. The molecule has 3 N–H and O–H groups in total. The lowest BCUT2D eigenvalue weighted by atomic mass is 9.97. The van der Waals surface area contributed by atoms with Crippen LogP contribution in [0.25, 0.3) is 45.4 Å². The lowest BCUT2D eigenvalue weighted by Gasteiger charge is -2.31. The van der Waals surface area contributed by atoms with Crippen molar-refractivity contribution in [2.24, 2.45) is 0 Å². The number of carbonyl (C=O) groups excluding carboxylic acids is 1. The first-order valence-corrected chi connectivity index (χ1v) is 22.3. The summed E-state index contributed by atoms with van der Waals surface area (Å²) in [5.74, 6) is 0.485. The Morgan fingerprint density at radius 2 is 1.17 bits per heavy atom. The molecular formula is C50H47F5N8O9. The van der Waals surface area contributed by atoms with Crippen molar-refractivity contribution in [1.82, 2.24) is 40.5 Å². The molecule has 2 aliphatic heterocycles. The zero-order valence-corrected chi connectivity index (χ0v) is 38.5. The number of aliphatic carboxylic acids is 1. The highest BCUT2D eigenvalue weighted by Gasteiger charge is 2.38. The minimum Gasteiger partial charge on any atom is -0.478 e. The third-order valence-corrected chi connectivity index (χ3v) is 11.0. The molecule has 0 bridgehead atoms. The summed E-state index contributed by atoms with van der Waals surface area (Å²) >= 11 is 0. The number of amides is 1. The number of piperidine rings is 2. The number of likely N-dealkylation sites (tertiary alicyclic amines) is 1. The van der Waals surface area contributed by atoms with Gasteiger partial charge in [0.05, 0.1) is 23.9 Å². The molecule has 4 aromatic heterocycles. The third kappa shape index (κ3) is 13.9. The summed E-state index contributed by atoms with van der Waals surface area (Å²) in [5, 5.41) is 26.9. The number of aromatic nitrogens is 6. The lowest BCUT2D eigenvalue weighted by Crippen LogP contribution is -2.39. The topological polar surface area (TPSA) is 237 Å². The van der Waals surface area contributed by atoms with Gasteiger partial charge in [-0.3, -0.25) is 4.79 Å². The van der Waals surface area contributed by atoms with Crippen LogP contribution in [0.2, 0.25) is 0 Å². The van der Waals surface area contributed by atoms with E-state index in [0.29, 0.717) is 71.0 Å². The van der Waals surface area contributed by atoms with Gasteiger partial charge < -0.3 is 38.3 Å². The molecule has 2 fully saturated rings. The van der Waals surface area contributed by atoms with Crippen LogP contribution in [0.15, 0.2) is 127 Å². The smallest absolute Gasteiger partial charge is 0.478 e. The number of alkyl halides is 3. The number of aryl methyl sites for hydroxylation is 2. The Morgan fingerprint density at radius 3 is 1.62 bits per heavy atom. The highest BCUT2D eigenvalue weighted by molar-refractivity contribution is 5.95. The molecule has 2 aliphatic rings. The minimum atomic E-state index is -5.08. The minimum absolute atomic E-state index is 0. The fourth-order valence-electron chi connectivity index (χ4n) is 7.47. The molecule has 0 aliphatic carbocycles. The fraction of sp³-hybridized carbons (Fsp3) is 0.260. The van der Waals surface area contributed by atoms with Crippen LogP contribution in [0.5, 0.6) is 0 Å². The number of benzene rings is 4. The van der Waals surface area contributed by atoms with Crippen LogP contribution in [0, 0.1) is 25.5 Å². The zero-order chi connectivity index (χ0) is 51.4. The molecule has 0 spiro atoms. The van der Waals surface area contributed by atoms with Crippen molar-refractivity contribution in [3.05, 3.63) is 156 Å². The molecule has 2 atom stereocenters. The number of carboxylic acid groups (broad SMARTS) is 2. The van der Waals surface area contributed by atoms with Crippen molar-refractivity contribution in [3.8, 4) is 45.4 Å². The number of carbonyl (C=O) groups is 3. The average molecular weight is 999 g/mol. The molecule has 8 aromatic rings. The lowest BCUT2D eigenvalue weighted by molar-refractivity contribution is -0.192. The summed E-state index contributed by atoms with van der Waals surface area (Å²) in [4.78, 5) is 51.7. The quantitative estimate of drug-likeness (QED) is 0.120. The fourth-order valence-corrected chi connectivity index (χ4v) is 7.47. The monoisotopic (exact) mass is 998 g/mol. The molecule has 6 heterocycles. The number of aromatic carboxylic acids is 1. The van der Waals surface area contributed by atoms with Crippen molar-refractivity contribution >= 4 is 17.8 Å². The molecule has 0 saturated carbocycles. The van der Waals surface area contributed by atoms with Crippen molar-refractivity contribution in [2.75, 3.05) is 26.2 Å². The first-order valence-electron chi connectivity index (χ1n) is 22.3. The second-order valence-electron chi connectivity index (χ2n) is 16.3. The number of rotatable bonds is 8. The van der Waals surface area contributed by atoms with Crippen molar-refractivity contribution in [3.63, 3.8) is 0 Å². The van der Waals surface area contributed by atoms with E-state index in [0.717, 1.165) is 61.4 Å². The second kappa shape index (κ2) is 23.5. The predicted octanol–water partition coefficient (Wildman–Crippen LogP) is 10.4. The van der Waals surface area contributed by atoms with Gasteiger partial charge in [-0.25, -0.2) is 28.3 Å². The first kappa shape index (κ1) is 51.5. The van der Waals surface area contributed by atoms with Gasteiger partial charge in [0.1, 0.15) is 11.6 Å². The maximum atomic E-state index is 13.2. The number of hydrogen-bond donors (Lipinski definition) is 3. The van der Waals surface area contributed by atoms with Crippen molar-refractivity contribution in [1.29, 1.82) is 0 Å². The highest BCUT2D eigenvalue weighted by Crippen LogP contribution is 2.32. The van der Waals surface area contributed by atoms with E-state index in [-0.39, 0.29) is 30.4 Å². The van der Waals surface area contributed by atoms with E-state index in [1.165, 1.54) is 36.4 Å². The van der Waals surface area contributed by atoms with Gasteiger partial charge in [0.15, 0.2) is 23.3 Å². The highest BCUT2D eigenvalue weighted by atomic mass is 19.4. The van der Waals surface area contributed by atoms with Crippen LogP contribution in [-0.2, 0) is 4.79 Å². The van der Waals surface area contributed by atoms with Crippen LogP contribution in [0.1, 0.15) is 83.2 Å². The number of oxazole rings is 2. The van der Waals surface area contributed by atoms with Gasteiger partial charge in [-0.05, 0) is 105 Å². The van der Waals surface area contributed by atoms with Crippen LogP contribution >= 0.6 is 0 Å². The molecule has 10 rings (SSSR count). The SMILES string of the molecule is Cc1nc(-c2cccc(C(=O)N3CCCC(c4ncc(-c5ccc(F)cc5)o4)C3)c2)no1.Cc1nc(-c2cccc(C(=O)O)c2)no1.Fc1ccc(-c2cnc(C3CCCNC3)o2)cc1.O=C(O)C(F)(F)F.[HH]. The van der Waals surface area contributed by atoms with Gasteiger partial charge >= 0.3 is 18.1 Å². The molecule has 17 nitrogen and oxygen atoms in total. The van der Waals surface area contributed by atoms with E-state index in [1.807, 2.05) is 17.0 Å². The first-order chi connectivity index (χ1) is 34.5. The van der Waals surface area contributed by atoms with Crippen molar-refractivity contribution < 1.29 is 65.9 Å². The summed E-state index contributed by atoms with van der Waals surface area (Å²) in [6.45, 7) is 6.59. The molecule has 376 valence electrons. The van der Waals surface area contributed by atoms with Gasteiger partial charge in [0, 0.05) is 68.6 Å². The van der Waals surface area contributed by atoms with Crippen LogP contribution in [0.4, 0.5) is 22.0 Å². The van der Waals surface area contributed by atoms with Crippen LogP contribution < -0.4 is 5.32 Å². The van der Waals surface area contributed by atoms with Gasteiger partial charge in [-0.15, -0.1) is 0 Å². The van der Waals surface area contributed by atoms with E-state index in [1.54, 1.807) is 74.8 Å². The Morgan fingerprint density at radius 1 is 0.681 bits per heavy atom. The van der Waals surface area contributed by atoms with Gasteiger partial charge in [-0.2, -0.15) is 23.1 Å². The Labute approximate surface area is 408 Å². The number of nitrogens with one attached hydrogen (secondary N) is 1. The van der Waals surface area contributed by atoms with Gasteiger partial charge in [0.2, 0.25) is 23.4 Å². The maximum Gasteiger partial charge on any atom is 0.490 e. The Balaban J connectivity index is 0.000000179. The molecule has 72 heavy (non-hydrogen) atoms. The summed E-state index contributed by atoms with van der Waals surface area (Å²) in [7, 11) is 0. The normalized spacial score (nSPS) is 15.5. The van der Waals surface area contributed by atoms with E-state index in [9.17, 15) is 31.5 Å². The summed E-state index contributed by atoms with van der Waals surface area (Å²) < 4.78 is 79.4. The van der Waals surface area contributed by atoms with Crippen molar-refractivity contribution in [2.45, 2.75) is 57.5 Å². The van der Waals surface area contributed by atoms with Crippen LogP contribution in [0.3, 0.4) is 0 Å². The number of carboxylic acids is 2. The van der Waals surface area contributed by atoms with Gasteiger partial charge in [-0.1, -0.05) is 34.6 Å². The molecule has 1 amide bonds. The molecule has 4 aromatic carbocycles. The number of halogens is 5. The maximum absolute atomic E-state index is 13.2. The largest absolute Gasteiger partial charge is 0.490 e. The summed E-state index contributed by atoms with van der Waals surface area (Å²) in [6, 6.07) is 26.0. The Bertz CT molecular complexity index is 3080. The second-order valence-corrected chi connectivity index (χ2v) is 16.3. The third-order valence-electron chi connectivity index (χ3n) is 11.0. The summed E-state index contributed by atoms with van der Waals surface area (Å²) in [5.41, 5.74) is 3.77. The van der Waals surface area contributed by atoms with E-state index >= 15 is 0 Å². The predicted molar refractivity (Wildman–Crippen MR) is 248 cm³/mol. The van der Waals surface area contributed by atoms with E-state index < -0.39 is 18.1 Å². The standard InChI is InChI=1S/C24H21FN4O3.C14H15FN2O.C10H8N2O3.C2HF3O2.H2/c1-15-27-22(28-32-15)17-4-2-5-18(12-17)24(30)29-11-3-6-19(14-29)23-26-13-21(31-23)16-7-9-20(25)10-8-16;15-12-5-3-10(4-6-12)13-9-17-14(18-13)11-2-1-7-16-8-11;1-6-11-9(12-15-6)7-3-2-4-8(5-7)10(13)14;3-2(4,5)1(6)7;/h2,4-5,7-10,12-13,19H,3,6,11,14H2,1H3;3-6,9,11,16H,1-2,7-8H2;2-5H,1H3,(H,13,14);(H,6,7);1H. The Kier molecular flexibility index (Phi) is 16.8. The van der Waals surface area contributed by atoms with E-state index in [2.05, 4.69) is 35.6 Å². The number of nitrogens with zero attached hydrogens (tertiary/aromatic N) is 7. The Hall–Kier alpha value is -8.40. The molecular weight excluding hydrogens is 952 g/mol.